The molecule has 6 nitrogen and oxygen atoms in total. The van der Waals surface area contributed by atoms with E-state index < -0.39 is 12.1 Å². The summed E-state index contributed by atoms with van der Waals surface area (Å²) in [5.41, 5.74) is 0.729. The third kappa shape index (κ3) is 2.69. The maximum atomic E-state index is 11.9. The highest BCUT2D eigenvalue weighted by Gasteiger charge is 2.33. The van der Waals surface area contributed by atoms with Gasteiger partial charge < -0.3 is 18.9 Å². The number of rotatable bonds is 5. The standard InChI is InChI=1S/C15H16O6/c1-4-20-15(17)13-9(8-16)7-10-11(18-2)5-6-12(19-3)14(10)21-13/h5-8,13H,4H2,1-3H3. The van der Waals surface area contributed by atoms with Crippen molar-refractivity contribution in [2.24, 2.45) is 0 Å². The molecule has 1 aromatic rings. The first-order chi connectivity index (χ1) is 10.2. The lowest BCUT2D eigenvalue weighted by Gasteiger charge is -2.25. The number of aldehydes is 1. The molecule has 112 valence electrons. The van der Waals surface area contributed by atoms with Crippen LogP contribution < -0.4 is 14.2 Å². The van der Waals surface area contributed by atoms with Crippen molar-refractivity contribution in [1.82, 2.24) is 0 Å². The van der Waals surface area contributed by atoms with Crippen molar-refractivity contribution in [2.45, 2.75) is 13.0 Å². The van der Waals surface area contributed by atoms with Gasteiger partial charge in [0.2, 0.25) is 6.10 Å². The van der Waals surface area contributed by atoms with Crippen molar-refractivity contribution in [3.63, 3.8) is 0 Å². The number of carbonyl (C=O) groups excluding carboxylic acids is 2. The van der Waals surface area contributed by atoms with Crippen LogP contribution >= 0.6 is 0 Å². The largest absolute Gasteiger partial charge is 0.496 e. The molecule has 0 amide bonds. The summed E-state index contributed by atoms with van der Waals surface area (Å²) in [5, 5.41) is 0. The monoisotopic (exact) mass is 292 g/mol. The summed E-state index contributed by atoms with van der Waals surface area (Å²) in [6.45, 7) is 1.88. The molecule has 1 aliphatic heterocycles. The fourth-order valence-corrected chi connectivity index (χ4v) is 2.08. The van der Waals surface area contributed by atoms with Crippen molar-refractivity contribution in [3.05, 3.63) is 23.3 Å². The van der Waals surface area contributed by atoms with Crippen LogP contribution in [0.25, 0.3) is 6.08 Å². The van der Waals surface area contributed by atoms with Crippen LogP contribution in [0.3, 0.4) is 0 Å². The van der Waals surface area contributed by atoms with Gasteiger partial charge in [0.15, 0.2) is 11.5 Å². The van der Waals surface area contributed by atoms with Crippen LogP contribution in [0.2, 0.25) is 0 Å². The molecule has 0 aliphatic carbocycles. The maximum absolute atomic E-state index is 11.9. The number of ether oxygens (including phenoxy) is 4. The van der Waals surface area contributed by atoms with Crippen molar-refractivity contribution >= 4 is 18.3 Å². The van der Waals surface area contributed by atoms with Crippen molar-refractivity contribution in [3.8, 4) is 17.2 Å². The van der Waals surface area contributed by atoms with Gasteiger partial charge in [-0.25, -0.2) is 4.79 Å². The summed E-state index contributed by atoms with van der Waals surface area (Å²) < 4.78 is 21.0. The molecule has 1 aliphatic rings. The second-order valence-corrected chi connectivity index (χ2v) is 4.23. The van der Waals surface area contributed by atoms with Crippen molar-refractivity contribution in [1.29, 1.82) is 0 Å². The highest BCUT2D eigenvalue weighted by Crippen LogP contribution is 2.42. The second kappa shape index (κ2) is 6.30. The number of hydrogen-bond acceptors (Lipinski definition) is 6. The molecule has 1 heterocycles. The van der Waals surface area contributed by atoms with Gasteiger partial charge in [0.05, 0.1) is 26.4 Å². The van der Waals surface area contributed by atoms with E-state index >= 15 is 0 Å². The lowest BCUT2D eigenvalue weighted by molar-refractivity contribution is -0.150. The van der Waals surface area contributed by atoms with E-state index in [4.69, 9.17) is 18.9 Å². The molecule has 21 heavy (non-hydrogen) atoms. The van der Waals surface area contributed by atoms with E-state index in [1.807, 2.05) is 0 Å². The molecule has 0 radical (unpaired) electrons. The molecule has 1 unspecified atom stereocenters. The van der Waals surface area contributed by atoms with Gasteiger partial charge in [-0.2, -0.15) is 0 Å². The molecule has 0 N–H and O–H groups in total. The Kier molecular flexibility index (Phi) is 4.47. The zero-order valence-corrected chi connectivity index (χ0v) is 12.0. The molecule has 0 bridgehead atoms. The highest BCUT2D eigenvalue weighted by molar-refractivity contribution is 5.96. The van der Waals surface area contributed by atoms with Gasteiger partial charge in [-0.1, -0.05) is 0 Å². The molecule has 0 saturated heterocycles. The molecule has 0 aromatic heterocycles. The second-order valence-electron chi connectivity index (χ2n) is 4.23. The molecule has 6 heteroatoms. The minimum atomic E-state index is -1.10. The Morgan fingerprint density at radius 3 is 2.52 bits per heavy atom. The van der Waals surface area contributed by atoms with Gasteiger partial charge in [-0.3, -0.25) is 4.79 Å². The first-order valence-electron chi connectivity index (χ1n) is 6.41. The van der Waals surface area contributed by atoms with Gasteiger partial charge in [0.1, 0.15) is 12.0 Å². The Bertz CT molecular complexity index is 590. The zero-order valence-electron chi connectivity index (χ0n) is 12.0. The summed E-state index contributed by atoms with van der Waals surface area (Å²) >= 11 is 0. The predicted molar refractivity (Wildman–Crippen MR) is 74.6 cm³/mol. The van der Waals surface area contributed by atoms with E-state index in [9.17, 15) is 9.59 Å². The summed E-state index contributed by atoms with van der Waals surface area (Å²) in [6.07, 6.45) is 1.02. The fourth-order valence-electron chi connectivity index (χ4n) is 2.08. The van der Waals surface area contributed by atoms with Crippen LogP contribution in [0.5, 0.6) is 17.2 Å². The predicted octanol–water partition coefficient (Wildman–Crippen LogP) is 1.61. The Balaban J connectivity index is 2.53. The molecule has 0 saturated carbocycles. The van der Waals surface area contributed by atoms with Crippen LogP contribution in [0.4, 0.5) is 0 Å². The molecule has 2 rings (SSSR count). The summed E-state index contributed by atoms with van der Waals surface area (Å²) in [5.74, 6) is 0.695. The Morgan fingerprint density at radius 1 is 1.29 bits per heavy atom. The van der Waals surface area contributed by atoms with Crippen molar-refractivity contribution < 1.29 is 28.5 Å². The third-order valence-electron chi connectivity index (χ3n) is 3.05. The van der Waals surface area contributed by atoms with Gasteiger partial charge in [0, 0.05) is 5.57 Å². The van der Waals surface area contributed by atoms with E-state index in [2.05, 4.69) is 0 Å². The van der Waals surface area contributed by atoms with Gasteiger partial charge in [0.25, 0.3) is 0 Å². The minimum Gasteiger partial charge on any atom is -0.496 e. The zero-order chi connectivity index (χ0) is 15.4. The van der Waals surface area contributed by atoms with Crippen LogP contribution in [0.15, 0.2) is 17.7 Å². The summed E-state index contributed by atoms with van der Waals surface area (Å²) in [7, 11) is 3.00. The molecule has 1 atom stereocenters. The topological polar surface area (TPSA) is 71.1 Å². The number of benzene rings is 1. The average Bonchev–Trinajstić information content (AvgIpc) is 2.52. The van der Waals surface area contributed by atoms with E-state index in [-0.39, 0.29) is 12.2 Å². The van der Waals surface area contributed by atoms with Crippen LogP contribution in [-0.4, -0.2) is 39.2 Å². The van der Waals surface area contributed by atoms with Gasteiger partial charge >= 0.3 is 5.97 Å². The summed E-state index contributed by atoms with van der Waals surface area (Å²) in [6, 6.07) is 3.37. The van der Waals surface area contributed by atoms with Gasteiger partial charge in [-0.05, 0) is 25.1 Å². The maximum Gasteiger partial charge on any atom is 0.352 e. The van der Waals surface area contributed by atoms with Crippen LogP contribution in [0, 0.1) is 0 Å². The number of fused-ring (bicyclic) bond motifs is 1. The molecule has 1 aromatic carbocycles. The van der Waals surface area contributed by atoms with Crippen molar-refractivity contribution in [2.75, 3.05) is 20.8 Å². The molecular weight excluding hydrogens is 276 g/mol. The first kappa shape index (κ1) is 14.9. The lowest BCUT2D eigenvalue weighted by Crippen LogP contribution is -2.34. The van der Waals surface area contributed by atoms with Crippen LogP contribution in [-0.2, 0) is 14.3 Å². The van der Waals surface area contributed by atoms with Gasteiger partial charge in [-0.15, -0.1) is 0 Å². The Hall–Kier alpha value is -2.50. The first-order valence-corrected chi connectivity index (χ1v) is 6.41. The highest BCUT2D eigenvalue weighted by atomic mass is 16.6. The number of carbonyl (C=O) groups is 2. The smallest absolute Gasteiger partial charge is 0.352 e. The Labute approximate surface area is 122 Å². The normalized spacial score (nSPS) is 16.1. The molecular formula is C15H16O6. The average molecular weight is 292 g/mol. The number of methoxy groups -OCH3 is 2. The molecule has 0 fully saturated rings. The Morgan fingerprint density at radius 2 is 1.95 bits per heavy atom. The van der Waals surface area contributed by atoms with E-state index in [1.54, 1.807) is 25.1 Å². The number of hydrogen-bond donors (Lipinski definition) is 0. The summed E-state index contributed by atoms with van der Waals surface area (Å²) in [4.78, 5) is 23.1. The van der Waals surface area contributed by atoms with Crippen LogP contribution in [0.1, 0.15) is 12.5 Å². The third-order valence-corrected chi connectivity index (χ3v) is 3.05. The van der Waals surface area contributed by atoms with E-state index in [0.717, 1.165) is 0 Å². The minimum absolute atomic E-state index is 0.174. The molecule has 0 spiro atoms. The lowest BCUT2D eigenvalue weighted by atomic mass is 10.0. The van der Waals surface area contributed by atoms with E-state index in [1.165, 1.54) is 14.2 Å². The SMILES string of the molecule is CCOC(=O)C1Oc2c(OC)ccc(OC)c2C=C1C=O. The van der Waals surface area contributed by atoms with E-state index in [0.29, 0.717) is 29.1 Å². The quantitative estimate of drug-likeness (QED) is 0.606. The number of esters is 1. The fraction of sp³-hybridized carbons (Fsp3) is 0.333.